The van der Waals surface area contributed by atoms with Crippen LogP contribution in [-0.4, -0.2) is 47.6 Å². The summed E-state index contributed by atoms with van der Waals surface area (Å²) in [5.74, 6) is -0.0606. The zero-order valence-corrected chi connectivity index (χ0v) is 14.0. The molecule has 1 atom stereocenters. The molecule has 126 valence electrons. The van der Waals surface area contributed by atoms with Crippen LogP contribution in [0.3, 0.4) is 0 Å². The Morgan fingerprint density at radius 1 is 1.48 bits per heavy atom. The first kappa shape index (κ1) is 17.6. The summed E-state index contributed by atoms with van der Waals surface area (Å²) >= 11 is 5.90. The number of nitrogens with one attached hydrogen (secondary N) is 1. The smallest absolute Gasteiger partial charge is 0.254 e. The van der Waals surface area contributed by atoms with Crippen LogP contribution >= 0.6 is 11.6 Å². The van der Waals surface area contributed by atoms with E-state index < -0.39 is 11.5 Å². The summed E-state index contributed by atoms with van der Waals surface area (Å²) in [5.41, 5.74) is -0.795. The normalized spacial score (nSPS) is 21.0. The van der Waals surface area contributed by atoms with E-state index in [1.807, 2.05) is 0 Å². The highest BCUT2D eigenvalue weighted by Crippen LogP contribution is 2.24. The van der Waals surface area contributed by atoms with Crippen molar-refractivity contribution < 1.29 is 19.4 Å². The molecule has 1 fully saturated rings. The number of halogens is 1. The van der Waals surface area contributed by atoms with Gasteiger partial charge in [0.25, 0.3) is 5.91 Å². The van der Waals surface area contributed by atoms with Crippen LogP contribution in [0.5, 0.6) is 5.75 Å². The second-order valence-corrected chi connectivity index (χ2v) is 6.15. The Kier molecular flexibility index (Phi) is 5.49. The molecule has 2 N–H and O–H groups in total. The number of methoxy groups -OCH3 is 1. The number of β-amino-alcohol motifs (C(OH)–C–C–N with tert-alkyl or cyclic N) is 1. The first-order valence-corrected chi connectivity index (χ1v) is 7.82. The molecule has 1 aliphatic rings. The topological polar surface area (TPSA) is 78.9 Å². The lowest BCUT2D eigenvalue weighted by atomic mass is 9.91. The van der Waals surface area contributed by atoms with Crippen LogP contribution in [0.15, 0.2) is 18.2 Å². The van der Waals surface area contributed by atoms with Gasteiger partial charge in [0.05, 0.1) is 13.7 Å². The molecule has 7 heteroatoms. The molecule has 1 aromatic rings. The average Bonchev–Trinajstić information content (AvgIpc) is 2.53. The standard InChI is InChI=1S/C16H21ClN2O4/c1-11(20)19-7-3-6-16(22,10-19)15(21)18-9-12-4-5-13(17)8-14(12)23-2/h4-5,8,22H,3,6-7,9-10H2,1-2H3,(H,18,21). The lowest BCUT2D eigenvalue weighted by Crippen LogP contribution is -2.57. The Labute approximate surface area is 140 Å². The summed E-state index contributed by atoms with van der Waals surface area (Å²) in [4.78, 5) is 25.3. The molecule has 2 amide bonds. The molecule has 2 rings (SSSR count). The number of aliphatic hydroxyl groups is 1. The number of likely N-dealkylation sites (tertiary alicyclic amines) is 1. The van der Waals surface area contributed by atoms with Gasteiger partial charge in [0.2, 0.25) is 5.91 Å². The van der Waals surface area contributed by atoms with Gasteiger partial charge in [-0.2, -0.15) is 0 Å². The van der Waals surface area contributed by atoms with Crippen LogP contribution in [0.25, 0.3) is 0 Å². The molecule has 1 aromatic carbocycles. The lowest BCUT2D eigenvalue weighted by molar-refractivity contribution is -0.150. The van der Waals surface area contributed by atoms with Gasteiger partial charge in [-0.15, -0.1) is 0 Å². The average molecular weight is 341 g/mol. The summed E-state index contributed by atoms with van der Waals surface area (Å²) in [5, 5.41) is 13.8. The number of ether oxygens (including phenoxy) is 1. The van der Waals surface area contributed by atoms with Gasteiger partial charge in [-0.1, -0.05) is 17.7 Å². The van der Waals surface area contributed by atoms with E-state index in [9.17, 15) is 14.7 Å². The minimum Gasteiger partial charge on any atom is -0.496 e. The predicted octanol–water partition coefficient (Wildman–Crippen LogP) is 1.34. The molecule has 0 saturated carbocycles. The van der Waals surface area contributed by atoms with Crippen molar-refractivity contribution in [2.24, 2.45) is 0 Å². The fourth-order valence-corrected chi connectivity index (χ4v) is 2.86. The predicted molar refractivity (Wildman–Crippen MR) is 86.3 cm³/mol. The first-order chi connectivity index (χ1) is 10.9. The van der Waals surface area contributed by atoms with Crippen molar-refractivity contribution in [2.75, 3.05) is 20.2 Å². The van der Waals surface area contributed by atoms with Crippen molar-refractivity contribution in [1.29, 1.82) is 0 Å². The highest BCUT2D eigenvalue weighted by atomic mass is 35.5. The molecule has 1 unspecified atom stereocenters. The number of piperidine rings is 1. The number of amides is 2. The van der Waals surface area contributed by atoms with E-state index in [2.05, 4.69) is 5.32 Å². The van der Waals surface area contributed by atoms with Gasteiger partial charge in [0, 0.05) is 30.6 Å². The number of carbonyl (C=O) groups excluding carboxylic acids is 2. The first-order valence-electron chi connectivity index (χ1n) is 7.44. The number of hydrogen-bond acceptors (Lipinski definition) is 4. The van der Waals surface area contributed by atoms with Crippen molar-refractivity contribution in [2.45, 2.75) is 31.9 Å². The Morgan fingerprint density at radius 3 is 2.87 bits per heavy atom. The molecule has 0 radical (unpaired) electrons. The van der Waals surface area contributed by atoms with E-state index in [0.717, 1.165) is 5.56 Å². The Hall–Kier alpha value is -1.79. The van der Waals surface area contributed by atoms with Crippen molar-refractivity contribution in [3.8, 4) is 5.75 Å². The van der Waals surface area contributed by atoms with Crippen LogP contribution in [0.2, 0.25) is 5.02 Å². The molecule has 0 aromatic heterocycles. The third-order valence-electron chi connectivity index (χ3n) is 4.03. The number of benzene rings is 1. The fraction of sp³-hybridized carbons (Fsp3) is 0.500. The van der Waals surface area contributed by atoms with E-state index in [1.165, 1.54) is 18.9 Å². The second kappa shape index (κ2) is 7.19. The number of nitrogens with zero attached hydrogens (tertiary/aromatic N) is 1. The van der Waals surface area contributed by atoms with Gasteiger partial charge >= 0.3 is 0 Å². The second-order valence-electron chi connectivity index (χ2n) is 5.71. The van der Waals surface area contributed by atoms with Crippen molar-refractivity contribution in [3.05, 3.63) is 28.8 Å². The van der Waals surface area contributed by atoms with Gasteiger partial charge in [-0.25, -0.2) is 0 Å². The van der Waals surface area contributed by atoms with Crippen LogP contribution in [0.4, 0.5) is 0 Å². The Morgan fingerprint density at radius 2 is 2.22 bits per heavy atom. The Balaban J connectivity index is 2.03. The summed E-state index contributed by atoms with van der Waals surface area (Å²) in [6.45, 7) is 2.23. The maximum absolute atomic E-state index is 12.4. The van der Waals surface area contributed by atoms with Crippen molar-refractivity contribution >= 4 is 23.4 Å². The summed E-state index contributed by atoms with van der Waals surface area (Å²) in [7, 11) is 1.52. The molecular weight excluding hydrogens is 320 g/mol. The van der Waals surface area contributed by atoms with Gasteiger partial charge in [0.15, 0.2) is 5.60 Å². The molecule has 0 spiro atoms. The third kappa shape index (κ3) is 4.14. The van der Waals surface area contributed by atoms with Crippen LogP contribution < -0.4 is 10.1 Å². The quantitative estimate of drug-likeness (QED) is 0.867. The summed E-state index contributed by atoms with van der Waals surface area (Å²) < 4.78 is 5.23. The van der Waals surface area contributed by atoms with Crippen LogP contribution in [0, 0.1) is 0 Å². The Bertz CT molecular complexity index is 608. The molecule has 0 bridgehead atoms. The largest absolute Gasteiger partial charge is 0.496 e. The van der Waals surface area contributed by atoms with Crippen LogP contribution in [0.1, 0.15) is 25.3 Å². The number of hydrogen-bond donors (Lipinski definition) is 2. The van der Waals surface area contributed by atoms with Crippen molar-refractivity contribution in [1.82, 2.24) is 10.2 Å². The molecule has 0 aliphatic carbocycles. The van der Waals surface area contributed by atoms with E-state index in [1.54, 1.807) is 18.2 Å². The van der Waals surface area contributed by atoms with E-state index in [4.69, 9.17) is 16.3 Å². The zero-order valence-electron chi connectivity index (χ0n) is 13.3. The van der Waals surface area contributed by atoms with E-state index >= 15 is 0 Å². The highest BCUT2D eigenvalue weighted by Gasteiger charge is 2.40. The molecule has 1 saturated heterocycles. The van der Waals surface area contributed by atoms with Crippen molar-refractivity contribution in [3.63, 3.8) is 0 Å². The van der Waals surface area contributed by atoms with Gasteiger partial charge in [0.1, 0.15) is 5.75 Å². The molecule has 1 heterocycles. The maximum atomic E-state index is 12.4. The maximum Gasteiger partial charge on any atom is 0.254 e. The van der Waals surface area contributed by atoms with E-state index in [-0.39, 0.29) is 19.0 Å². The SMILES string of the molecule is COc1cc(Cl)ccc1CNC(=O)C1(O)CCCN(C(C)=O)C1. The lowest BCUT2D eigenvalue weighted by Gasteiger charge is -2.37. The molecule has 6 nitrogen and oxygen atoms in total. The fourth-order valence-electron chi connectivity index (χ4n) is 2.69. The van der Waals surface area contributed by atoms with Gasteiger partial charge in [-0.05, 0) is 25.0 Å². The zero-order chi connectivity index (χ0) is 17.0. The van der Waals surface area contributed by atoms with Gasteiger partial charge in [-0.3, -0.25) is 9.59 Å². The monoisotopic (exact) mass is 340 g/mol. The number of carbonyl (C=O) groups is 2. The summed E-state index contributed by atoms with van der Waals surface area (Å²) in [6.07, 6.45) is 0.925. The highest BCUT2D eigenvalue weighted by molar-refractivity contribution is 6.30. The minimum atomic E-state index is -1.55. The summed E-state index contributed by atoms with van der Waals surface area (Å²) in [6, 6.07) is 5.13. The molecular formula is C16H21ClN2O4. The van der Waals surface area contributed by atoms with Gasteiger partial charge < -0.3 is 20.1 Å². The van der Waals surface area contributed by atoms with E-state index in [0.29, 0.717) is 30.2 Å². The third-order valence-corrected chi connectivity index (χ3v) is 4.26. The molecule has 1 aliphatic heterocycles. The van der Waals surface area contributed by atoms with Crippen LogP contribution in [-0.2, 0) is 16.1 Å². The minimum absolute atomic E-state index is 0.0198. The number of rotatable bonds is 4. The molecule has 23 heavy (non-hydrogen) atoms.